The molecule has 3 heteroatoms. The molecule has 1 aromatic rings. The first kappa shape index (κ1) is 10.5. The highest BCUT2D eigenvalue weighted by atomic mass is 16.2. The Kier molecular flexibility index (Phi) is 5.43. The molecule has 0 aliphatic rings. The summed E-state index contributed by atoms with van der Waals surface area (Å²) in [5.41, 5.74) is 0.516. The van der Waals surface area contributed by atoms with Crippen LogP contribution in [0.4, 0.5) is 0 Å². The second kappa shape index (κ2) is 6.22. The molecule has 66 valence electrons. The fourth-order valence-corrected chi connectivity index (χ4v) is 0.651. The Morgan fingerprint density at radius 1 is 1.50 bits per heavy atom. The Morgan fingerprint density at radius 2 is 2.17 bits per heavy atom. The molecule has 0 saturated heterocycles. The molecule has 0 spiro atoms. The Hall–Kier alpha value is -1.51. The highest BCUT2D eigenvalue weighted by molar-refractivity contribution is 5.46. The first-order chi connectivity index (χ1) is 5.83. The van der Waals surface area contributed by atoms with Crippen LogP contribution in [0.1, 0.15) is 19.4 Å². The van der Waals surface area contributed by atoms with Gasteiger partial charge in [-0.2, -0.15) is 0 Å². The van der Waals surface area contributed by atoms with Crippen LogP contribution >= 0.6 is 0 Å². The maximum Gasteiger partial charge on any atom is 0.248 e. The normalized spacial score (nSPS) is 9.17. The van der Waals surface area contributed by atoms with Gasteiger partial charge in [0.05, 0.1) is 6.26 Å². The lowest BCUT2D eigenvalue weighted by Gasteiger charge is -1.86. The molecular weight excluding hydrogens is 154 g/mol. The highest BCUT2D eigenvalue weighted by Crippen LogP contribution is 1.93. The maximum absolute atomic E-state index is 10.6. The van der Waals surface area contributed by atoms with Crippen molar-refractivity contribution in [3.05, 3.63) is 40.5 Å². The largest absolute Gasteiger partial charge is 0.516 e. The summed E-state index contributed by atoms with van der Waals surface area (Å²) >= 11 is 0. The molecule has 0 aliphatic carbocycles. The SMILES string of the molecule is CC.O=c1cc(/C=C/O)cc[nH]1. The summed E-state index contributed by atoms with van der Waals surface area (Å²) in [5.74, 6) is 0. The van der Waals surface area contributed by atoms with Crippen LogP contribution in [-0.4, -0.2) is 10.1 Å². The molecular formula is C9H13NO2. The van der Waals surface area contributed by atoms with Crippen molar-refractivity contribution in [3.8, 4) is 0 Å². The van der Waals surface area contributed by atoms with E-state index < -0.39 is 0 Å². The standard InChI is InChI=1S/C7H7NO2.C2H6/c9-4-2-6-1-3-8-7(10)5-6;1-2/h1-5,9H,(H,8,10);1-2H3/b4-2+;. The van der Waals surface area contributed by atoms with Gasteiger partial charge in [-0.05, 0) is 17.7 Å². The van der Waals surface area contributed by atoms with Gasteiger partial charge in [-0.3, -0.25) is 4.79 Å². The Labute approximate surface area is 71.4 Å². The number of hydrogen-bond donors (Lipinski definition) is 2. The van der Waals surface area contributed by atoms with Crippen LogP contribution in [0.3, 0.4) is 0 Å². The number of aliphatic hydroxyl groups is 1. The van der Waals surface area contributed by atoms with Crippen LogP contribution in [0.15, 0.2) is 29.4 Å². The topological polar surface area (TPSA) is 53.1 Å². The highest BCUT2D eigenvalue weighted by Gasteiger charge is 1.84. The fourth-order valence-electron chi connectivity index (χ4n) is 0.651. The summed E-state index contributed by atoms with van der Waals surface area (Å²) in [6.07, 6.45) is 3.86. The lowest BCUT2D eigenvalue weighted by atomic mass is 10.3. The van der Waals surface area contributed by atoms with Crippen molar-refractivity contribution in [2.24, 2.45) is 0 Å². The van der Waals surface area contributed by atoms with Crippen molar-refractivity contribution < 1.29 is 5.11 Å². The van der Waals surface area contributed by atoms with Crippen molar-refractivity contribution in [1.82, 2.24) is 4.98 Å². The molecule has 2 N–H and O–H groups in total. The lowest BCUT2D eigenvalue weighted by molar-refractivity contribution is 0.478. The first-order valence-electron chi connectivity index (χ1n) is 3.82. The van der Waals surface area contributed by atoms with Gasteiger partial charge in [0.15, 0.2) is 0 Å². The number of aromatic amines is 1. The number of aliphatic hydroxyl groups excluding tert-OH is 1. The van der Waals surface area contributed by atoms with Crippen LogP contribution in [0.2, 0.25) is 0 Å². The van der Waals surface area contributed by atoms with Gasteiger partial charge in [-0.25, -0.2) is 0 Å². The Balaban J connectivity index is 0.000000561. The molecule has 12 heavy (non-hydrogen) atoms. The number of hydrogen-bond acceptors (Lipinski definition) is 2. The van der Waals surface area contributed by atoms with E-state index in [0.29, 0.717) is 5.56 Å². The average Bonchev–Trinajstić information content (AvgIpc) is 2.09. The number of H-pyrrole nitrogens is 1. The molecule has 0 aliphatic heterocycles. The molecule has 3 nitrogen and oxygen atoms in total. The van der Waals surface area contributed by atoms with Crippen molar-refractivity contribution in [3.63, 3.8) is 0 Å². The molecule has 0 unspecified atom stereocenters. The zero-order valence-corrected chi connectivity index (χ0v) is 7.24. The number of nitrogens with one attached hydrogen (secondary N) is 1. The third-order valence-electron chi connectivity index (χ3n) is 1.07. The quantitative estimate of drug-likeness (QED) is 0.628. The van der Waals surface area contributed by atoms with Crippen LogP contribution < -0.4 is 5.56 Å². The summed E-state index contributed by atoms with van der Waals surface area (Å²) in [4.78, 5) is 13.1. The molecule has 1 aromatic heterocycles. The molecule has 0 atom stereocenters. The van der Waals surface area contributed by atoms with Crippen molar-refractivity contribution >= 4 is 6.08 Å². The summed E-state index contributed by atoms with van der Waals surface area (Å²) < 4.78 is 0. The minimum absolute atomic E-state index is 0.171. The van der Waals surface area contributed by atoms with Gasteiger partial charge >= 0.3 is 0 Å². The molecule has 0 aromatic carbocycles. The molecule has 0 fully saturated rings. The van der Waals surface area contributed by atoms with Crippen molar-refractivity contribution in [2.75, 3.05) is 0 Å². The van der Waals surface area contributed by atoms with Gasteiger partial charge in [-0.15, -0.1) is 0 Å². The van der Waals surface area contributed by atoms with Gasteiger partial charge in [0.1, 0.15) is 0 Å². The van der Waals surface area contributed by atoms with Crippen LogP contribution in [-0.2, 0) is 0 Å². The zero-order chi connectivity index (χ0) is 9.40. The Morgan fingerprint density at radius 3 is 2.67 bits per heavy atom. The monoisotopic (exact) mass is 167 g/mol. The van der Waals surface area contributed by atoms with Crippen LogP contribution in [0, 0.1) is 0 Å². The second-order valence-corrected chi connectivity index (χ2v) is 1.80. The number of aromatic nitrogens is 1. The van der Waals surface area contributed by atoms with E-state index in [1.807, 2.05) is 13.8 Å². The minimum atomic E-state index is -0.171. The molecule has 1 rings (SSSR count). The van der Waals surface area contributed by atoms with E-state index in [4.69, 9.17) is 5.11 Å². The van der Waals surface area contributed by atoms with Crippen LogP contribution in [0.5, 0.6) is 0 Å². The minimum Gasteiger partial charge on any atom is -0.516 e. The van der Waals surface area contributed by atoms with E-state index in [2.05, 4.69) is 4.98 Å². The summed E-state index contributed by atoms with van der Waals surface area (Å²) in [6.45, 7) is 4.00. The van der Waals surface area contributed by atoms with Gasteiger partial charge < -0.3 is 10.1 Å². The van der Waals surface area contributed by atoms with E-state index in [1.54, 1.807) is 6.07 Å². The van der Waals surface area contributed by atoms with E-state index >= 15 is 0 Å². The zero-order valence-electron chi connectivity index (χ0n) is 7.24. The van der Waals surface area contributed by atoms with Gasteiger partial charge in [-0.1, -0.05) is 13.8 Å². The maximum atomic E-state index is 10.6. The molecule has 0 bridgehead atoms. The van der Waals surface area contributed by atoms with E-state index in [9.17, 15) is 4.79 Å². The summed E-state index contributed by atoms with van der Waals surface area (Å²) in [6, 6.07) is 3.08. The predicted molar refractivity (Wildman–Crippen MR) is 50.1 cm³/mol. The van der Waals surface area contributed by atoms with Crippen LogP contribution in [0.25, 0.3) is 6.08 Å². The third kappa shape index (κ3) is 3.61. The van der Waals surface area contributed by atoms with Gasteiger partial charge in [0.2, 0.25) is 5.56 Å². The van der Waals surface area contributed by atoms with Crippen molar-refractivity contribution in [1.29, 1.82) is 0 Å². The molecule has 1 heterocycles. The lowest BCUT2D eigenvalue weighted by Crippen LogP contribution is -2.01. The Bertz CT molecular complexity index is 289. The molecule has 0 saturated carbocycles. The third-order valence-corrected chi connectivity index (χ3v) is 1.07. The fraction of sp³-hybridized carbons (Fsp3) is 0.222. The summed E-state index contributed by atoms with van der Waals surface area (Å²) in [5, 5.41) is 8.32. The second-order valence-electron chi connectivity index (χ2n) is 1.80. The average molecular weight is 167 g/mol. The first-order valence-corrected chi connectivity index (χ1v) is 3.82. The summed E-state index contributed by atoms with van der Waals surface area (Å²) in [7, 11) is 0. The number of rotatable bonds is 1. The van der Waals surface area contributed by atoms with Gasteiger partial charge in [0.25, 0.3) is 0 Å². The van der Waals surface area contributed by atoms with E-state index in [0.717, 1.165) is 6.26 Å². The van der Waals surface area contributed by atoms with E-state index in [-0.39, 0.29) is 5.56 Å². The smallest absolute Gasteiger partial charge is 0.248 e. The molecule has 0 amide bonds. The van der Waals surface area contributed by atoms with Gasteiger partial charge in [0, 0.05) is 12.3 Å². The van der Waals surface area contributed by atoms with E-state index in [1.165, 1.54) is 18.3 Å². The predicted octanol–water partition coefficient (Wildman–Crippen LogP) is 1.93. The van der Waals surface area contributed by atoms with Crippen molar-refractivity contribution in [2.45, 2.75) is 13.8 Å². The molecule has 0 radical (unpaired) electrons. The number of pyridine rings is 1.